The minimum absolute atomic E-state index is 0.0605. The van der Waals surface area contributed by atoms with Gasteiger partial charge in [0.2, 0.25) is 11.8 Å². The molecule has 5 nitrogen and oxygen atoms in total. The maximum Gasteiger partial charge on any atom is 0.245 e. The van der Waals surface area contributed by atoms with Gasteiger partial charge in [-0.2, -0.15) is 0 Å². The highest BCUT2D eigenvalue weighted by Crippen LogP contribution is 2.10. The summed E-state index contributed by atoms with van der Waals surface area (Å²) in [5.74, 6) is -0.180. The molecule has 0 bridgehead atoms. The number of piperazine rings is 1. The van der Waals surface area contributed by atoms with E-state index in [4.69, 9.17) is 0 Å². The van der Waals surface area contributed by atoms with Gasteiger partial charge in [0.05, 0.1) is 12.2 Å². The number of hydrogen-bond donors (Lipinski definition) is 1. The van der Waals surface area contributed by atoms with Gasteiger partial charge in [-0.05, 0) is 25.5 Å². The van der Waals surface area contributed by atoms with Crippen molar-refractivity contribution in [2.24, 2.45) is 0 Å². The van der Waals surface area contributed by atoms with Gasteiger partial charge in [-0.3, -0.25) is 14.6 Å². The Morgan fingerprint density at radius 3 is 3.00 bits per heavy atom. The van der Waals surface area contributed by atoms with Crippen LogP contribution in [0.5, 0.6) is 0 Å². The number of aryl methyl sites for hydroxylation is 1. The summed E-state index contributed by atoms with van der Waals surface area (Å²) in [4.78, 5) is 29.0. The summed E-state index contributed by atoms with van der Waals surface area (Å²) in [7, 11) is 0. The van der Waals surface area contributed by atoms with Crippen molar-refractivity contribution in [3.05, 3.63) is 29.6 Å². The minimum atomic E-state index is -0.444. The molecule has 2 heterocycles. The molecule has 1 atom stereocenters. The summed E-state index contributed by atoms with van der Waals surface area (Å²) in [6, 6.07) is 3.35. The van der Waals surface area contributed by atoms with Gasteiger partial charge in [-0.15, -0.1) is 0 Å². The predicted octanol–water partition coefficient (Wildman–Crippen LogP) is 0.237. The first-order valence-corrected chi connectivity index (χ1v) is 5.56. The molecule has 17 heavy (non-hydrogen) atoms. The Bertz CT molecular complexity index is 459. The van der Waals surface area contributed by atoms with Crippen LogP contribution in [0.1, 0.15) is 18.2 Å². The van der Waals surface area contributed by atoms with E-state index in [1.54, 1.807) is 18.0 Å². The minimum Gasteiger partial charge on any atom is -0.343 e. The molecule has 1 aromatic rings. The highest BCUT2D eigenvalue weighted by molar-refractivity contribution is 5.94. The lowest BCUT2D eigenvalue weighted by Crippen LogP contribution is -2.56. The van der Waals surface area contributed by atoms with Gasteiger partial charge in [0.15, 0.2) is 0 Å². The molecule has 0 spiro atoms. The van der Waals surface area contributed by atoms with Gasteiger partial charge < -0.3 is 10.2 Å². The Balaban J connectivity index is 2.15. The number of hydrogen-bond acceptors (Lipinski definition) is 3. The topological polar surface area (TPSA) is 62.3 Å². The third-order valence-electron chi connectivity index (χ3n) is 2.85. The first-order valence-electron chi connectivity index (χ1n) is 5.56. The summed E-state index contributed by atoms with van der Waals surface area (Å²) in [5, 5.41) is 2.61. The molecule has 1 fully saturated rings. The number of rotatable bonds is 2. The molecule has 1 aliphatic heterocycles. The predicted molar refractivity (Wildman–Crippen MR) is 62.0 cm³/mol. The molecule has 2 rings (SSSR count). The molecule has 0 aromatic carbocycles. The van der Waals surface area contributed by atoms with E-state index in [9.17, 15) is 9.59 Å². The number of carbonyl (C=O) groups excluding carboxylic acids is 2. The van der Waals surface area contributed by atoms with E-state index in [0.717, 1.165) is 11.3 Å². The largest absolute Gasteiger partial charge is 0.343 e. The van der Waals surface area contributed by atoms with Crippen LogP contribution >= 0.6 is 0 Å². The Morgan fingerprint density at radius 1 is 1.53 bits per heavy atom. The number of pyridine rings is 1. The normalized spacial score (nSPS) is 20.4. The van der Waals surface area contributed by atoms with Crippen LogP contribution in [-0.2, 0) is 16.1 Å². The summed E-state index contributed by atoms with van der Waals surface area (Å²) in [5.41, 5.74) is 1.86. The molecule has 1 saturated heterocycles. The van der Waals surface area contributed by atoms with E-state index >= 15 is 0 Å². The quantitative estimate of drug-likeness (QED) is 0.795. The van der Waals surface area contributed by atoms with Crippen molar-refractivity contribution < 1.29 is 9.59 Å². The van der Waals surface area contributed by atoms with Gasteiger partial charge in [-0.1, -0.05) is 6.07 Å². The molecular weight excluding hydrogens is 218 g/mol. The number of nitrogens with zero attached hydrogens (tertiary/aromatic N) is 2. The Morgan fingerprint density at radius 2 is 2.29 bits per heavy atom. The van der Waals surface area contributed by atoms with E-state index in [1.165, 1.54) is 0 Å². The zero-order chi connectivity index (χ0) is 12.4. The highest BCUT2D eigenvalue weighted by atomic mass is 16.2. The van der Waals surface area contributed by atoms with Gasteiger partial charge >= 0.3 is 0 Å². The molecule has 0 saturated carbocycles. The Hall–Kier alpha value is -1.91. The van der Waals surface area contributed by atoms with Crippen molar-refractivity contribution in [1.82, 2.24) is 15.2 Å². The molecule has 1 aromatic heterocycles. The average Bonchev–Trinajstić information content (AvgIpc) is 2.28. The fourth-order valence-electron chi connectivity index (χ4n) is 1.87. The molecule has 90 valence electrons. The van der Waals surface area contributed by atoms with Crippen molar-refractivity contribution in [3.63, 3.8) is 0 Å². The SMILES string of the molecule is Cc1cccnc1CN1CC(=O)NC(C)C1=O. The molecule has 1 N–H and O–H groups in total. The Labute approximate surface area is 99.8 Å². The van der Waals surface area contributed by atoms with Crippen molar-refractivity contribution in [1.29, 1.82) is 0 Å². The lowest BCUT2D eigenvalue weighted by Gasteiger charge is -2.30. The number of amides is 2. The van der Waals surface area contributed by atoms with Crippen LogP contribution in [0, 0.1) is 6.92 Å². The number of aromatic nitrogens is 1. The smallest absolute Gasteiger partial charge is 0.245 e. The lowest BCUT2D eigenvalue weighted by molar-refractivity contribution is -0.144. The van der Waals surface area contributed by atoms with Crippen LogP contribution in [0.15, 0.2) is 18.3 Å². The Kier molecular flexibility index (Phi) is 3.08. The van der Waals surface area contributed by atoms with E-state index in [-0.39, 0.29) is 18.4 Å². The van der Waals surface area contributed by atoms with Crippen LogP contribution in [0.4, 0.5) is 0 Å². The lowest BCUT2D eigenvalue weighted by atomic mass is 10.1. The maximum absolute atomic E-state index is 11.9. The van der Waals surface area contributed by atoms with Crippen LogP contribution < -0.4 is 5.32 Å². The zero-order valence-corrected chi connectivity index (χ0v) is 9.93. The summed E-state index contributed by atoms with van der Waals surface area (Å²) in [6.07, 6.45) is 1.69. The van der Waals surface area contributed by atoms with Crippen molar-refractivity contribution >= 4 is 11.8 Å². The number of nitrogens with one attached hydrogen (secondary N) is 1. The van der Waals surface area contributed by atoms with Crippen LogP contribution in [0.25, 0.3) is 0 Å². The third-order valence-corrected chi connectivity index (χ3v) is 2.85. The van der Waals surface area contributed by atoms with Gasteiger partial charge in [0.25, 0.3) is 0 Å². The first kappa shape index (κ1) is 11.6. The second-order valence-corrected chi connectivity index (χ2v) is 4.25. The number of carbonyl (C=O) groups is 2. The van der Waals surface area contributed by atoms with Crippen LogP contribution in [-0.4, -0.2) is 34.3 Å². The van der Waals surface area contributed by atoms with Crippen LogP contribution in [0.3, 0.4) is 0 Å². The van der Waals surface area contributed by atoms with Gasteiger partial charge in [-0.25, -0.2) is 0 Å². The van der Waals surface area contributed by atoms with E-state index < -0.39 is 6.04 Å². The highest BCUT2D eigenvalue weighted by Gasteiger charge is 2.29. The zero-order valence-electron chi connectivity index (χ0n) is 9.93. The monoisotopic (exact) mass is 233 g/mol. The fraction of sp³-hybridized carbons (Fsp3) is 0.417. The van der Waals surface area contributed by atoms with E-state index in [0.29, 0.717) is 6.54 Å². The summed E-state index contributed by atoms with van der Waals surface area (Å²) in [6.45, 7) is 4.14. The fourth-order valence-corrected chi connectivity index (χ4v) is 1.87. The van der Waals surface area contributed by atoms with Crippen molar-refractivity contribution in [2.45, 2.75) is 26.4 Å². The second kappa shape index (κ2) is 4.53. The van der Waals surface area contributed by atoms with Crippen molar-refractivity contribution in [2.75, 3.05) is 6.54 Å². The first-order chi connectivity index (χ1) is 8.08. The molecule has 0 aliphatic carbocycles. The molecule has 5 heteroatoms. The third kappa shape index (κ3) is 2.43. The van der Waals surface area contributed by atoms with E-state index in [1.807, 2.05) is 19.1 Å². The molecule has 2 amide bonds. The van der Waals surface area contributed by atoms with Gasteiger partial charge in [0.1, 0.15) is 12.6 Å². The molecular formula is C12H15N3O2. The molecule has 1 aliphatic rings. The molecule has 1 unspecified atom stereocenters. The average molecular weight is 233 g/mol. The van der Waals surface area contributed by atoms with Crippen molar-refractivity contribution in [3.8, 4) is 0 Å². The maximum atomic E-state index is 11.9. The van der Waals surface area contributed by atoms with E-state index in [2.05, 4.69) is 10.3 Å². The van der Waals surface area contributed by atoms with Crippen LogP contribution in [0.2, 0.25) is 0 Å². The standard InChI is InChI=1S/C12H15N3O2/c1-8-4-3-5-13-10(8)6-15-7-11(16)14-9(2)12(15)17/h3-5,9H,6-7H2,1-2H3,(H,14,16). The van der Waals surface area contributed by atoms with Gasteiger partial charge in [0, 0.05) is 6.20 Å². The second-order valence-electron chi connectivity index (χ2n) is 4.25. The molecule has 0 radical (unpaired) electrons. The summed E-state index contributed by atoms with van der Waals surface area (Å²) >= 11 is 0. The summed E-state index contributed by atoms with van der Waals surface area (Å²) < 4.78 is 0.